The molecule has 0 aliphatic heterocycles. The second-order valence-electron chi connectivity index (χ2n) is 6.08. The molecule has 144 valence electrons. The Labute approximate surface area is 165 Å². The van der Waals surface area contributed by atoms with Crippen molar-refractivity contribution in [3.8, 4) is 11.4 Å². The minimum Gasteiger partial charge on any atom is -0.494 e. The van der Waals surface area contributed by atoms with E-state index in [1.165, 1.54) is 12.1 Å². The summed E-state index contributed by atoms with van der Waals surface area (Å²) in [5.41, 5.74) is 2.40. The Hall–Kier alpha value is -4.14. The first-order chi connectivity index (χ1) is 14.2. The van der Waals surface area contributed by atoms with Gasteiger partial charge in [0.1, 0.15) is 11.4 Å². The average molecular weight is 388 g/mol. The van der Waals surface area contributed by atoms with Crippen LogP contribution in [0.3, 0.4) is 0 Å². The average Bonchev–Trinajstić information content (AvgIpc) is 3.17. The first-order valence-electron chi connectivity index (χ1n) is 8.69. The van der Waals surface area contributed by atoms with Crippen molar-refractivity contribution in [3.63, 3.8) is 0 Å². The number of nitrogens with zero attached hydrogens (tertiary/aromatic N) is 6. The lowest BCUT2D eigenvalue weighted by atomic mass is 10.1. The van der Waals surface area contributed by atoms with Gasteiger partial charge in [-0.05, 0) is 29.8 Å². The van der Waals surface area contributed by atoms with Crippen LogP contribution in [0.25, 0.3) is 16.7 Å². The second-order valence-corrected chi connectivity index (χ2v) is 6.08. The number of carboxylic acid groups (broad SMARTS) is 1. The van der Waals surface area contributed by atoms with E-state index in [1.54, 1.807) is 36.3 Å². The topological polar surface area (TPSA) is 115 Å². The number of rotatable bonds is 6. The molecule has 2 heterocycles. The molecule has 9 heteroatoms. The van der Waals surface area contributed by atoms with Gasteiger partial charge in [-0.2, -0.15) is 15.2 Å². The normalized spacial score (nSPS) is 11.2. The molecule has 4 rings (SSSR count). The second kappa shape index (κ2) is 7.85. The van der Waals surface area contributed by atoms with Crippen LogP contribution in [0.4, 0.5) is 5.95 Å². The van der Waals surface area contributed by atoms with E-state index in [0.717, 1.165) is 16.6 Å². The van der Waals surface area contributed by atoms with Crippen LogP contribution in [0.2, 0.25) is 0 Å². The van der Waals surface area contributed by atoms with Crippen LogP contribution < -0.4 is 4.74 Å². The summed E-state index contributed by atoms with van der Waals surface area (Å²) in [7, 11) is 1.60. The van der Waals surface area contributed by atoms with Gasteiger partial charge in [-0.25, -0.2) is 14.5 Å². The number of hydrogen-bond donors (Lipinski definition) is 1. The predicted molar refractivity (Wildman–Crippen MR) is 105 cm³/mol. The van der Waals surface area contributed by atoms with E-state index in [9.17, 15) is 4.79 Å². The van der Waals surface area contributed by atoms with Crippen LogP contribution in [0.1, 0.15) is 15.9 Å². The Kier molecular flexibility index (Phi) is 4.93. The number of methoxy groups -OCH3 is 1. The van der Waals surface area contributed by atoms with Crippen molar-refractivity contribution in [2.24, 2.45) is 10.2 Å². The Bertz CT molecular complexity index is 1200. The van der Waals surface area contributed by atoms with Gasteiger partial charge in [-0.15, -0.1) is 5.11 Å². The number of hydrogen-bond acceptors (Lipinski definition) is 7. The molecule has 0 fully saturated rings. The third-order valence-electron chi connectivity index (χ3n) is 4.22. The molecule has 29 heavy (non-hydrogen) atoms. The van der Waals surface area contributed by atoms with Gasteiger partial charge in [0.2, 0.25) is 0 Å². The molecular formula is C20H16N6O3. The van der Waals surface area contributed by atoms with Crippen molar-refractivity contribution < 1.29 is 14.6 Å². The summed E-state index contributed by atoms with van der Waals surface area (Å²) in [5.74, 6) is -0.0908. The maximum Gasteiger partial charge on any atom is 0.335 e. The molecule has 0 saturated carbocycles. The number of azo groups is 1. The number of ether oxygens (including phenoxy) is 1. The van der Waals surface area contributed by atoms with Gasteiger partial charge in [0.05, 0.1) is 30.8 Å². The van der Waals surface area contributed by atoms with Gasteiger partial charge in [0.25, 0.3) is 5.95 Å². The van der Waals surface area contributed by atoms with E-state index in [1.807, 2.05) is 24.3 Å². The lowest BCUT2D eigenvalue weighted by Gasteiger charge is -2.08. The van der Waals surface area contributed by atoms with Crippen LogP contribution in [-0.4, -0.2) is 37.9 Å². The first kappa shape index (κ1) is 18.2. The van der Waals surface area contributed by atoms with E-state index in [4.69, 9.17) is 9.84 Å². The van der Waals surface area contributed by atoms with Crippen molar-refractivity contribution >= 4 is 23.0 Å². The largest absolute Gasteiger partial charge is 0.494 e. The van der Waals surface area contributed by atoms with E-state index in [2.05, 4.69) is 25.3 Å². The van der Waals surface area contributed by atoms with Crippen LogP contribution >= 0.6 is 0 Å². The minimum absolute atomic E-state index is 0.205. The van der Waals surface area contributed by atoms with Crippen LogP contribution in [0.15, 0.2) is 71.2 Å². The zero-order valence-electron chi connectivity index (χ0n) is 15.4. The number of aromatic carboxylic acids is 1. The summed E-state index contributed by atoms with van der Waals surface area (Å²) in [4.78, 5) is 19.5. The van der Waals surface area contributed by atoms with Gasteiger partial charge in [-0.3, -0.25) is 0 Å². The number of carbonyl (C=O) groups is 1. The molecule has 0 spiro atoms. The molecule has 0 aliphatic carbocycles. The van der Waals surface area contributed by atoms with Crippen LogP contribution in [-0.2, 0) is 6.54 Å². The van der Waals surface area contributed by atoms with Gasteiger partial charge < -0.3 is 9.84 Å². The molecule has 0 amide bonds. The molecule has 0 radical (unpaired) electrons. The summed E-state index contributed by atoms with van der Waals surface area (Å²) < 4.78 is 7.07. The van der Waals surface area contributed by atoms with Crippen molar-refractivity contribution in [1.29, 1.82) is 0 Å². The number of benzene rings is 2. The summed E-state index contributed by atoms with van der Waals surface area (Å²) >= 11 is 0. The van der Waals surface area contributed by atoms with Crippen molar-refractivity contribution in [2.75, 3.05) is 7.11 Å². The number of aromatic nitrogens is 4. The molecule has 0 saturated heterocycles. The van der Waals surface area contributed by atoms with Gasteiger partial charge in [0, 0.05) is 6.20 Å². The maximum absolute atomic E-state index is 10.9. The summed E-state index contributed by atoms with van der Waals surface area (Å²) in [6.45, 7) is 0.285. The summed E-state index contributed by atoms with van der Waals surface area (Å²) in [5, 5.41) is 22.3. The highest BCUT2D eigenvalue weighted by Gasteiger charge is 2.12. The molecule has 4 aromatic rings. The monoisotopic (exact) mass is 388 g/mol. The van der Waals surface area contributed by atoms with E-state index < -0.39 is 5.97 Å². The SMILES string of the molecule is COc1ccccc1-n1ncc2cnc(N=NCc3ccc(C(=O)O)cc3)nc21. The highest BCUT2D eigenvalue weighted by molar-refractivity contribution is 5.87. The van der Waals surface area contributed by atoms with Crippen molar-refractivity contribution in [2.45, 2.75) is 6.54 Å². The predicted octanol–water partition coefficient (Wildman–Crippen LogP) is 3.81. The minimum atomic E-state index is -0.966. The first-order valence-corrected chi connectivity index (χ1v) is 8.69. The molecule has 0 unspecified atom stereocenters. The molecule has 2 aromatic carbocycles. The van der Waals surface area contributed by atoms with E-state index in [0.29, 0.717) is 11.4 Å². The van der Waals surface area contributed by atoms with Crippen molar-refractivity contribution in [1.82, 2.24) is 19.7 Å². The third kappa shape index (κ3) is 3.79. The van der Waals surface area contributed by atoms with Gasteiger partial charge in [0.15, 0.2) is 5.65 Å². The zero-order chi connectivity index (χ0) is 20.2. The van der Waals surface area contributed by atoms with Gasteiger partial charge >= 0.3 is 5.97 Å². The summed E-state index contributed by atoms with van der Waals surface area (Å²) in [6, 6.07) is 14.0. The fourth-order valence-corrected chi connectivity index (χ4v) is 2.77. The molecule has 0 bridgehead atoms. The zero-order valence-corrected chi connectivity index (χ0v) is 15.4. The fourth-order valence-electron chi connectivity index (χ4n) is 2.77. The number of carboxylic acids is 1. The van der Waals surface area contributed by atoms with Gasteiger partial charge in [-0.1, -0.05) is 24.3 Å². The lowest BCUT2D eigenvalue weighted by Crippen LogP contribution is -2.00. The Morgan fingerprint density at radius 3 is 2.69 bits per heavy atom. The maximum atomic E-state index is 10.9. The van der Waals surface area contributed by atoms with Crippen LogP contribution in [0, 0.1) is 0 Å². The number of fused-ring (bicyclic) bond motifs is 1. The third-order valence-corrected chi connectivity index (χ3v) is 4.22. The molecule has 2 aromatic heterocycles. The van der Waals surface area contributed by atoms with E-state index >= 15 is 0 Å². The Balaban J connectivity index is 1.58. The van der Waals surface area contributed by atoms with Crippen LogP contribution in [0.5, 0.6) is 5.75 Å². The smallest absolute Gasteiger partial charge is 0.335 e. The quantitative estimate of drug-likeness (QED) is 0.502. The highest BCUT2D eigenvalue weighted by atomic mass is 16.5. The molecular weight excluding hydrogens is 372 g/mol. The van der Waals surface area contributed by atoms with Crippen molar-refractivity contribution in [3.05, 3.63) is 72.1 Å². The Morgan fingerprint density at radius 1 is 1.14 bits per heavy atom. The highest BCUT2D eigenvalue weighted by Crippen LogP contribution is 2.25. The number of para-hydroxylation sites is 2. The lowest BCUT2D eigenvalue weighted by molar-refractivity contribution is 0.0697. The molecule has 0 atom stereocenters. The molecule has 9 nitrogen and oxygen atoms in total. The fraction of sp³-hybridized carbons (Fsp3) is 0.100. The summed E-state index contributed by atoms with van der Waals surface area (Å²) in [6.07, 6.45) is 3.31. The van der Waals surface area contributed by atoms with E-state index in [-0.39, 0.29) is 18.1 Å². The molecule has 1 N–H and O–H groups in total. The standard InChI is InChI=1S/C20H16N6O3/c1-29-17-5-3-2-4-16(17)26-18-15(12-23-26)11-21-20(24-18)25-22-10-13-6-8-14(9-7-13)19(27)28/h2-9,11-12H,10H2,1H3,(H,27,28). The molecule has 0 aliphatic rings. The Morgan fingerprint density at radius 2 is 1.93 bits per heavy atom.